The van der Waals surface area contributed by atoms with Crippen LogP contribution in [0, 0.1) is 6.92 Å². The van der Waals surface area contributed by atoms with Crippen LogP contribution in [0.3, 0.4) is 0 Å². The molecule has 0 aromatic heterocycles. The quantitative estimate of drug-likeness (QED) is 0.809. The van der Waals surface area contributed by atoms with Crippen LogP contribution in [-0.4, -0.2) is 6.54 Å². The first-order valence-electron chi connectivity index (χ1n) is 3.93. The third-order valence-corrected chi connectivity index (χ3v) is 2.06. The minimum absolute atomic E-state index is 0.532. The molecule has 0 fully saturated rings. The maximum Gasteiger partial charge on any atom is 0.0637 e. The summed E-state index contributed by atoms with van der Waals surface area (Å²) in [7, 11) is 0. The molecule has 70 valence electrons. The second-order valence-electron chi connectivity index (χ2n) is 2.85. The first-order chi connectivity index (χ1) is 6.09. The summed E-state index contributed by atoms with van der Waals surface area (Å²) in [6.07, 6.45) is 0. The van der Waals surface area contributed by atoms with Crippen molar-refractivity contribution in [1.82, 2.24) is 0 Å². The molecule has 0 bridgehead atoms. The van der Waals surface area contributed by atoms with Gasteiger partial charge < -0.3 is 5.32 Å². The normalized spacial score (nSPS) is 9.77. The maximum absolute atomic E-state index is 5.94. The van der Waals surface area contributed by atoms with Crippen molar-refractivity contribution in [3.63, 3.8) is 0 Å². The van der Waals surface area contributed by atoms with Crippen molar-refractivity contribution in [2.24, 2.45) is 0 Å². The zero-order valence-corrected chi connectivity index (χ0v) is 8.91. The van der Waals surface area contributed by atoms with E-state index in [0.29, 0.717) is 16.6 Å². The highest BCUT2D eigenvalue weighted by atomic mass is 35.5. The summed E-state index contributed by atoms with van der Waals surface area (Å²) >= 11 is 11.6. The van der Waals surface area contributed by atoms with E-state index in [0.717, 1.165) is 11.3 Å². The molecule has 0 spiro atoms. The average molecular weight is 216 g/mol. The average Bonchev–Trinajstić information content (AvgIpc) is 2.06. The van der Waals surface area contributed by atoms with Gasteiger partial charge in [0.05, 0.1) is 17.3 Å². The summed E-state index contributed by atoms with van der Waals surface area (Å²) in [4.78, 5) is 0. The molecule has 13 heavy (non-hydrogen) atoms. The monoisotopic (exact) mass is 215 g/mol. The summed E-state index contributed by atoms with van der Waals surface area (Å²) in [6, 6.07) is 5.79. The molecular formula is C10H11Cl2N. The molecule has 0 radical (unpaired) electrons. The van der Waals surface area contributed by atoms with Crippen LogP contribution >= 0.6 is 23.2 Å². The van der Waals surface area contributed by atoms with E-state index in [4.69, 9.17) is 23.2 Å². The first-order valence-corrected chi connectivity index (χ1v) is 4.68. The Bertz CT molecular complexity index is 321. The molecule has 1 aromatic rings. The largest absolute Gasteiger partial charge is 0.379 e. The van der Waals surface area contributed by atoms with E-state index >= 15 is 0 Å². The maximum atomic E-state index is 5.94. The van der Waals surface area contributed by atoms with Gasteiger partial charge in [-0.15, -0.1) is 0 Å². The molecular weight excluding hydrogens is 205 g/mol. The van der Waals surface area contributed by atoms with Crippen molar-refractivity contribution in [2.45, 2.75) is 6.92 Å². The fourth-order valence-electron chi connectivity index (χ4n) is 0.966. The van der Waals surface area contributed by atoms with Crippen molar-refractivity contribution >= 4 is 28.9 Å². The van der Waals surface area contributed by atoms with Crippen molar-refractivity contribution in [3.8, 4) is 0 Å². The SMILES string of the molecule is C=C(Cl)CNc1cc(C)ccc1Cl. The summed E-state index contributed by atoms with van der Waals surface area (Å²) < 4.78 is 0. The third-order valence-electron chi connectivity index (χ3n) is 1.59. The van der Waals surface area contributed by atoms with Gasteiger partial charge in [0.2, 0.25) is 0 Å². The van der Waals surface area contributed by atoms with Gasteiger partial charge in [-0.25, -0.2) is 0 Å². The molecule has 0 unspecified atom stereocenters. The van der Waals surface area contributed by atoms with Gasteiger partial charge in [0, 0.05) is 5.03 Å². The highest BCUT2D eigenvalue weighted by Gasteiger charge is 1.99. The third kappa shape index (κ3) is 3.29. The molecule has 0 aliphatic carbocycles. The highest BCUT2D eigenvalue weighted by Crippen LogP contribution is 2.22. The predicted molar refractivity (Wildman–Crippen MR) is 59.7 cm³/mol. The fourth-order valence-corrected chi connectivity index (χ4v) is 1.22. The second-order valence-corrected chi connectivity index (χ2v) is 3.80. The minimum Gasteiger partial charge on any atom is -0.379 e. The lowest BCUT2D eigenvalue weighted by atomic mass is 10.2. The Hall–Kier alpha value is -0.660. The molecule has 1 aromatic carbocycles. The van der Waals surface area contributed by atoms with Crippen LogP contribution in [0.4, 0.5) is 5.69 Å². The summed E-state index contributed by atoms with van der Waals surface area (Å²) in [5.41, 5.74) is 2.05. The van der Waals surface area contributed by atoms with Crippen LogP contribution < -0.4 is 5.32 Å². The Balaban J connectivity index is 2.75. The molecule has 3 heteroatoms. The number of halogens is 2. The summed E-state index contributed by atoms with van der Waals surface area (Å²) in [5.74, 6) is 0. The van der Waals surface area contributed by atoms with E-state index in [9.17, 15) is 0 Å². The van der Waals surface area contributed by atoms with Crippen LogP contribution in [-0.2, 0) is 0 Å². The zero-order chi connectivity index (χ0) is 9.84. The zero-order valence-electron chi connectivity index (χ0n) is 7.40. The summed E-state index contributed by atoms with van der Waals surface area (Å²) in [5, 5.41) is 4.35. The van der Waals surface area contributed by atoms with Gasteiger partial charge in [-0.2, -0.15) is 0 Å². The van der Waals surface area contributed by atoms with Crippen LogP contribution in [0.25, 0.3) is 0 Å². The lowest BCUT2D eigenvalue weighted by molar-refractivity contribution is 1.30. The molecule has 1 nitrogen and oxygen atoms in total. The van der Waals surface area contributed by atoms with Gasteiger partial charge >= 0.3 is 0 Å². The Morgan fingerprint density at radius 2 is 2.23 bits per heavy atom. The Labute approximate surface area is 88.4 Å². The molecule has 0 atom stereocenters. The second kappa shape index (κ2) is 4.54. The van der Waals surface area contributed by atoms with Gasteiger partial charge in [0.25, 0.3) is 0 Å². The van der Waals surface area contributed by atoms with E-state index in [2.05, 4.69) is 11.9 Å². The van der Waals surface area contributed by atoms with Crippen molar-refractivity contribution in [2.75, 3.05) is 11.9 Å². The molecule has 0 aliphatic heterocycles. The number of benzene rings is 1. The van der Waals surface area contributed by atoms with Gasteiger partial charge in [0.1, 0.15) is 0 Å². The van der Waals surface area contributed by atoms with E-state index in [1.165, 1.54) is 0 Å². The predicted octanol–water partition coefficient (Wildman–Crippen LogP) is 3.81. The number of aryl methyl sites for hydroxylation is 1. The number of rotatable bonds is 3. The molecule has 0 heterocycles. The van der Waals surface area contributed by atoms with Gasteiger partial charge in [-0.1, -0.05) is 35.8 Å². The standard InChI is InChI=1S/C10H11Cl2N/c1-7-3-4-9(12)10(5-7)13-6-8(2)11/h3-5,13H,2,6H2,1H3. The van der Waals surface area contributed by atoms with Crippen LogP contribution in [0.1, 0.15) is 5.56 Å². The van der Waals surface area contributed by atoms with Crippen LogP contribution in [0.5, 0.6) is 0 Å². The number of nitrogens with one attached hydrogen (secondary N) is 1. The Morgan fingerprint density at radius 3 is 2.85 bits per heavy atom. The van der Waals surface area contributed by atoms with Gasteiger partial charge in [-0.05, 0) is 24.6 Å². The van der Waals surface area contributed by atoms with Crippen molar-refractivity contribution in [1.29, 1.82) is 0 Å². The van der Waals surface area contributed by atoms with E-state index in [1.54, 1.807) is 0 Å². The van der Waals surface area contributed by atoms with E-state index in [1.807, 2.05) is 25.1 Å². The highest BCUT2D eigenvalue weighted by molar-refractivity contribution is 6.33. The van der Waals surface area contributed by atoms with Crippen LogP contribution in [0.15, 0.2) is 29.8 Å². The minimum atomic E-state index is 0.532. The molecule has 1 N–H and O–H groups in total. The summed E-state index contributed by atoms with van der Waals surface area (Å²) in [6.45, 7) is 6.13. The van der Waals surface area contributed by atoms with Gasteiger partial charge in [-0.3, -0.25) is 0 Å². The first kappa shape index (κ1) is 10.4. The van der Waals surface area contributed by atoms with Crippen molar-refractivity contribution in [3.05, 3.63) is 40.4 Å². The van der Waals surface area contributed by atoms with E-state index in [-0.39, 0.29) is 0 Å². The number of hydrogen-bond donors (Lipinski definition) is 1. The van der Waals surface area contributed by atoms with E-state index < -0.39 is 0 Å². The molecule has 0 saturated heterocycles. The lowest BCUT2D eigenvalue weighted by Crippen LogP contribution is -2.01. The fraction of sp³-hybridized carbons (Fsp3) is 0.200. The number of hydrogen-bond acceptors (Lipinski definition) is 1. The molecule has 0 aliphatic rings. The Kier molecular flexibility index (Phi) is 3.64. The lowest BCUT2D eigenvalue weighted by Gasteiger charge is -2.07. The smallest absolute Gasteiger partial charge is 0.0637 e. The molecule has 0 saturated carbocycles. The topological polar surface area (TPSA) is 12.0 Å². The van der Waals surface area contributed by atoms with Crippen LogP contribution in [0.2, 0.25) is 5.02 Å². The molecule has 1 rings (SSSR count). The van der Waals surface area contributed by atoms with Crippen molar-refractivity contribution < 1.29 is 0 Å². The van der Waals surface area contributed by atoms with Gasteiger partial charge in [0.15, 0.2) is 0 Å². The molecule has 0 amide bonds. The number of anilines is 1. The Morgan fingerprint density at radius 1 is 1.54 bits per heavy atom.